The van der Waals surface area contributed by atoms with Gasteiger partial charge in [0.05, 0.1) is 0 Å². The third-order valence-electron chi connectivity index (χ3n) is 8.73. The summed E-state index contributed by atoms with van der Waals surface area (Å²) in [5.41, 5.74) is 3.69. The average Bonchev–Trinajstić information content (AvgIpc) is 2.99. The predicted molar refractivity (Wildman–Crippen MR) is 187 cm³/mol. The van der Waals surface area contributed by atoms with Crippen molar-refractivity contribution >= 4 is 58.3 Å². The molecule has 0 aliphatic carbocycles. The molecule has 0 bridgehead atoms. The van der Waals surface area contributed by atoms with Gasteiger partial charge in [-0.25, -0.2) is 0 Å². The third kappa shape index (κ3) is 6.56. The van der Waals surface area contributed by atoms with Crippen molar-refractivity contribution in [2.45, 2.75) is 61.2 Å². The molecule has 3 aromatic rings. The summed E-state index contributed by atoms with van der Waals surface area (Å²) in [5, 5.41) is 3.45. The van der Waals surface area contributed by atoms with E-state index in [0.717, 1.165) is 54.8 Å². The number of hydrogen-bond donors (Lipinski definition) is 0. The molecule has 1 aliphatic heterocycles. The Kier molecular flexibility index (Phi) is 10.4. The van der Waals surface area contributed by atoms with Crippen LogP contribution in [0.15, 0.2) is 72.8 Å². The van der Waals surface area contributed by atoms with Crippen LogP contribution in [0.1, 0.15) is 41.5 Å². The van der Waals surface area contributed by atoms with E-state index in [2.05, 4.69) is 149 Å². The van der Waals surface area contributed by atoms with E-state index in [9.17, 15) is 0 Å². The highest BCUT2D eigenvalue weighted by Gasteiger charge is 2.59. The lowest BCUT2D eigenvalue weighted by Crippen LogP contribution is -2.77. The summed E-state index contributed by atoms with van der Waals surface area (Å²) >= 11 is 0. The van der Waals surface area contributed by atoms with Gasteiger partial charge < -0.3 is 27.0 Å². The van der Waals surface area contributed by atoms with Gasteiger partial charge in [0, 0.05) is 56.3 Å². The molecule has 0 radical (unpaired) electrons. The molecule has 0 atom stereocenters. The van der Waals surface area contributed by atoms with Crippen LogP contribution in [-0.4, -0.2) is 65.0 Å². The van der Waals surface area contributed by atoms with Gasteiger partial charge in [-0.05, 0) is 113 Å². The average molecular weight is 622 g/mol. The minimum atomic E-state index is -2.87. The minimum Gasteiger partial charge on any atom is -0.409 e. The lowest BCUT2D eigenvalue weighted by Gasteiger charge is -2.50. The first-order valence-corrected chi connectivity index (χ1v) is 22.7. The first kappa shape index (κ1) is 32.5. The van der Waals surface area contributed by atoms with E-state index >= 15 is 0 Å². The molecule has 42 heavy (non-hydrogen) atoms. The van der Waals surface area contributed by atoms with E-state index in [-0.39, 0.29) is 0 Å². The molecule has 0 saturated carbocycles. The Morgan fingerprint density at radius 2 is 0.571 bits per heavy atom. The van der Waals surface area contributed by atoms with E-state index in [4.69, 9.17) is 12.3 Å². The van der Waals surface area contributed by atoms with Crippen molar-refractivity contribution in [2.24, 2.45) is 0 Å². The second-order valence-electron chi connectivity index (χ2n) is 11.3. The predicted octanol–water partition coefficient (Wildman–Crippen LogP) is 5.53. The topological polar surface area (TPSA) is 37.4 Å². The van der Waals surface area contributed by atoms with E-state index in [0.29, 0.717) is 0 Å². The summed E-state index contributed by atoms with van der Waals surface area (Å²) in [7, 11) is -8.60. The van der Waals surface area contributed by atoms with Crippen LogP contribution in [0.4, 0.5) is 17.1 Å². The first-order chi connectivity index (χ1) is 20.1. The van der Waals surface area contributed by atoms with Crippen LogP contribution >= 0.6 is 0 Å². The fourth-order valence-corrected chi connectivity index (χ4v) is 21.9. The van der Waals surface area contributed by atoms with Crippen LogP contribution in [0.3, 0.4) is 0 Å². The summed E-state index contributed by atoms with van der Waals surface area (Å²) in [6.45, 7) is 25.7. The summed E-state index contributed by atoms with van der Waals surface area (Å²) < 4.78 is 21.6. The molecular weight excluding hydrogens is 571 g/mol. The van der Waals surface area contributed by atoms with Crippen LogP contribution in [-0.2, 0) is 12.3 Å². The number of hydrogen-bond acceptors (Lipinski definition) is 6. The molecule has 1 heterocycles. The number of rotatable bonds is 12. The largest absolute Gasteiger partial charge is 0.409 e. The Labute approximate surface area is 258 Å². The Morgan fingerprint density at radius 1 is 0.381 bits per heavy atom. The van der Waals surface area contributed by atoms with E-state index in [1.807, 2.05) is 0 Å². The Balaban J connectivity index is 1.77. The molecule has 4 rings (SSSR count). The quantitative estimate of drug-likeness (QED) is 0.248. The van der Waals surface area contributed by atoms with Gasteiger partial charge in [0.2, 0.25) is 0 Å². The second-order valence-corrected chi connectivity index (χ2v) is 21.2. The summed E-state index contributed by atoms with van der Waals surface area (Å²) in [5.74, 6) is 0. The normalized spacial score (nSPS) is 23.9. The van der Waals surface area contributed by atoms with Gasteiger partial charge in [-0.3, -0.25) is 0 Å². The molecule has 0 aromatic heterocycles. The summed E-state index contributed by atoms with van der Waals surface area (Å²) in [6, 6.07) is 26.7. The second kappa shape index (κ2) is 13.5. The molecule has 0 unspecified atom stereocenters. The van der Waals surface area contributed by atoms with Crippen LogP contribution in [0.25, 0.3) is 0 Å². The molecular formula is C33H51N3O3Si3. The van der Waals surface area contributed by atoms with Gasteiger partial charge in [0.15, 0.2) is 0 Å². The van der Waals surface area contributed by atoms with E-state index in [1.54, 1.807) is 0 Å². The molecule has 0 N–H and O–H groups in total. The highest BCUT2D eigenvalue weighted by atomic mass is 28.5. The van der Waals surface area contributed by atoms with Crippen LogP contribution in [0.5, 0.6) is 0 Å². The van der Waals surface area contributed by atoms with Crippen molar-refractivity contribution in [2.75, 3.05) is 54.0 Å². The van der Waals surface area contributed by atoms with Gasteiger partial charge in [-0.1, -0.05) is 36.4 Å². The number of nitrogens with zero attached hydrogens (tertiary/aromatic N) is 3. The Morgan fingerprint density at radius 3 is 0.738 bits per heavy atom. The minimum absolute atomic E-state index is 0.980. The maximum atomic E-state index is 7.19. The summed E-state index contributed by atoms with van der Waals surface area (Å²) in [6.07, 6.45) is 0. The van der Waals surface area contributed by atoms with Crippen molar-refractivity contribution in [3.63, 3.8) is 0 Å². The smallest absolute Gasteiger partial charge is 0.352 e. The molecule has 1 fully saturated rings. The molecule has 1 aliphatic rings. The number of benzene rings is 3. The van der Waals surface area contributed by atoms with Gasteiger partial charge in [-0.2, -0.15) is 0 Å². The third-order valence-corrected chi connectivity index (χ3v) is 22.2. The van der Waals surface area contributed by atoms with Gasteiger partial charge in [0.1, 0.15) is 0 Å². The maximum absolute atomic E-state index is 7.19. The monoisotopic (exact) mass is 621 g/mol. The first-order valence-electron chi connectivity index (χ1n) is 15.7. The highest BCUT2D eigenvalue weighted by molar-refractivity contribution is 7.05. The fraction of sp³-hybridized carbons (Fsp3) is 0.455. The lowest BCUT2D eigenvalue weighted by molar-refractivity contribution is 0.253. The van der Waals surface area contributed by atoms with Crippen molar-refractivity contribution < 1.29 is 12.3 Å². The van der Waals surface area contributed by atoms with Crippen molar-refractivity contribution in [3.05, 3.63) is 72.8 Å². The maximum Gasteiger partial charge on any atom is 0.352 e. The molecule has 228 valence electrons. The molecule has 1 saturated heterocycles. The van der Waals surface area contributed by atoms with Crippen LogP contribution in [0, 0.1) is 0 Å². The van der Waals surface area contributed by atoms with Crippen molar-refractivity contribution in [3.8, 4) is 0 Å². The zero-order chi connectivity index (χ0) is 30.5. The highest BCUT2D eigenvalue weighted by Crippen LogP contribution is 2.32. The van der Waals surface area contributed by atoms with Gasteiger partial charge in [0.25, 0.3) is 0 Å². The summed E-state index contributed by atoms with van der Waals surface area (Å²) in [4.78, 5) is 7.10. The zero-order valence-corrected chi connectivity index (χ0v) is 30.2. The van der Waals surface area contributed by atoms with Crippen molar-refractivity contribution in [1.29, 1.82) is 0 Å². The molecule has 0 amide bonds. The SMILES string of the molecule is CCN(CC)c1ccc([Si]2(C)O[Si](C)(c3ccc(N(CC)CC)cc3)O[Si](C)(c3ccc(N(CC)CC)cc3)O2)cc1. The van der Waals surface area contributed by atoms with Gasteiger partial charge in [-0.15, -0.1) is 0 Å². The standard InChI is InChI=1S/C33H51N3O3Si3/c1-10-34(11-2)28-16-22-31(23-17-28)40(7)37-41(8,32-24-18-29(19-25-32)35(12-3)13-4)39-42(9,38-40)33-26-20-30(21-27-33)36(14-5)15-6/h16-27H,10-15H2,1-9H3. The van der Waals surface area contributed by atoms with E-state index < -0.39 is 25.7 Å². The molecule has 6 nitrogen and oxygen atoms in total. The van der Waals surface area contributed by atoms with Crippen LogP contribution < -0.4 is 30.3 Å². The molecule has 9 heteroatoms. The Hall–Kier alpha value is -2.41. The molecule has 0 spiro atoms. The lowest BCUT2D eigenvalue weighted by atomic mass is 10.3. The van der Waals surface area contributed by atoms with Crippen molar-refractivity contribution in [1.82, 2.24) is 0 Å². The van der Waals surface area contributed by atoms with Gasteiger partial charge >= 0.3 is 25.7 Å². The Bertz CT molecular complexity index is 1110. The fourth-order valence-electron chi connectivity index (χ4n) is 6.22. The zero-order valence-electron chi connectivity index (χ0n) is 27.2. The molecule has 3 aromatic carbocycles. The van der Waals surface area contributed by atoms with Crippen LogP contribution in [0.2, 0.25) is 19.6 Å². The number of anilines is 3. The van der Waals surface area contributed by atoms with E-state index in [1.165, 1.54) is 17.1 Å².